The molecule has 0 atom stereocenters. The first-order valence-corrected chi connectivity index (χ1v) is 10.4. The molecule has 2 aromatic carbocycles. The number of nitrogens with zero attached hydrogens (tertiary/aromatic N) is 1. The van der Waals surface area contributed by atoms with Gasteiger partial charge in [0.1, 0.15) is 0 Å². The summed E-state index contributed by atoms with van der Waals surface area (Å²) in [5.41, 5.74) is 4.59. The molecule has 1 aromatic heterocycles. The minimum Gasteiger partial charge on any atom is -0.332 e. The quantitative estimate of drug-likeness (QED) is 0.689. The zero-order valence-electron chi connectivity index (χ0n) is 14.2. The van der Waals surface area contributed by atoms with Crippen LogP contribution in [0.5, 0.6) is 0 Å². The van der Waals surface area contributed by atoms with E-state index in [0.29, 0.717) is 5.69 Å². The van der Waals surface area contributed by atoms with Gasteiger partial charge in [-0.3, -0.25) is 4.72 Å². The molecule has 0 saturated heterocycles. The number of sulfonamides is 1. The number of anilines is 3. The normalized spacial score (nSPS) is 11.3. The molecular weight excluding hydrogens is 354 g/mol. The Morgan fingerprint density at radius 1 is 0.920 bits per heavy atom. The molecule has 0 saturated carbocycles. The van der Waals surface area contributed by atoms with Crippen molar-refractivity contribution >= 4 is 37.9 Å². The number of nitrogens with one attached hydrogen (secondary N) is 2. The number of hydrogen-bond acceptors (Lipinski definition) is 5. The largest absolute Gasteiger partial charge is 0.332 e. The molecule has 5 nitrogen and oxygen atoms in total. The molecule has 0 aliphatic heterocycles. The summed E-state index contributed by atoms with van der Waals surface area (Å²) in [6.07, 6.45) is 1.13. The molecule has 3 aromatic rings. The highest BCUT2D eigenvalue weighted by Crippen LogP contribution is 2.32. The van der Waals surface area contributed by atoms with Gasteiger partial charge in [0.05, 0.1) is 11.9 Å². The van der Waals surface area contributed by atoms with Crippen LogP contribution in [-0.2, 0) is 10.0 Å². The Bertz CT molecular complexity index is 976. The second-order valence-corrected chi connectivity index (χ2v) is 8.82. The topological polar surface area (TPSA) is 71.1 Å². The predicted octanol–water partition coefficient (Wildman–Crippen LogP) is 4.54. The van der Waals surface area contributed by atoms with Crippen molar-refractivity contribution in [2.75, 3.05) is 16.3 Å². The molecule has 0 bridgehead atoms. The number of aromatic nitrogens is 1. The average molecular weight is 374 g/mol. The van der Waals surface area contributed by atoms with Crippen LogP contribution in [0.4, 0.5) is 16.5 Å². The third-order valence-electron chi connectivity index (χ3n) is 3.56. The summed E-state index contributed by atoms with van der Waals surface area (Å²) in [4.78, 5) is 5.77. The number of hydrogen-bond donors (Lipinski definition) is 2. The summed E-state index contributed by atoms with van der Waals surface area (Å²) in [7, 11) is -3.27. The van der Waals surface area contributed by atoms with E-state index in [4.69, 9.17) is 0 Å². The van der Waals surface area contributed by atoms with Crippen LogP contribution in [0.2, 0.25) is 0 Å². The highest BCUT2D eigenvalue weighted by atomic mass is 32.2. The summed E-state index contributed by atoms with van der Waals surface area (Å²) in [6, 6.07) is 15.4. The van der Waals surface area contributed by atoms with Gasteiger partial charge in [-0.1, -0.05) is 29.8 Å². The average Bonchev–Trinajstić information content (AvgIpc) is 2.89. The van der Waals surface area contributed by atoms with Gasteiger partial charge in [-0.05, 0) is 38.1 Å². The first kappa shape index (κ1) is 17.4. The van der Waals surface area contributed by atoms with Crippen LogP contribution in [0.25, 0.3) is 11.3 Å². The van der Waals surface area contributed by atoms with Gasteiger partial charge in [0.25, 0.3) is 0 Å². The lowest BCUT2D eigenvalue weighted by Crippen LogP contribution is -2.09. The minimum atomic E-state index is -3.27. The van der Waals surface area contributed by atoms with Gasteiger partial charge in [0.15, 0.2) is 5.13 Å². The van der Waals surface area contributed by atoms with Crippen LogP contribution in [0, 0.1) is 13.8 Å². The van der Waals surface area contributed by atoms with Crippen molar-refractivity contribution in [1.29, 1.82) is 0 Å². The Balaban J connectivity index is 1.81. The molecule has 0 spiro atoms. The van der Waals surface area contributed by atoms with Gasteiger partial charge in [-0.25, -0.2) is 13.4 Å². The minimum absolute atomic E-state index is 0.539. The van der Waals surface area contributed by atoms with Crippen molar-refractivity contribution in [3.63, 3.8) is 0 Å². The Hall–Kier alpha value is -2.38. The fraction of sp³-hybridized carbons (Fsp3) is 0.167. The lowest BCUT2D eigenvalue weighted by atomic mass is 10.1. The van der Waals surface area contributed by atoms with E-state index in [1.807, 2.05) is 31.2 Å². The van der Waals surface area contributed by atoms with Crippen molar-refractivity contribution in [3.05, 3.63) is 59.0 Å². The third-order valence-corrected chi connectivity index (χ3v) is 5.05. The Labute approximate surface area is 151 Å². The van der Waals surface area contributed by atoms with E-state index in [0.717, 1.165) is 33.2 Å². The van der Waals surface area contributed by atoms with Crippen LogP contribution >= 0.6 is 11.3 Å². The molecular formula is C18H19N3O2S2. The van der Waals surface area contributed by atoms with Crippen molar-refractivity contribution in [3.8, 4) is 11.3 Å². The summed E-state index contributed by atoms with van der Waals surface area (Å²) in [6.45, 7) is 4.08. The van der Waals surface area contributed by atoms with E-state index in [9.17, 15) is 8.42 Å². The monoisotopic (exact) mass is 373 g/mol. The molecule has 0 aliphatic carbocycles. The van der Waals surface area contributed by atoms with Gasteiger partial charge in [0, 0.05) is 21.8 Å². The molecule has 7 heteroatoms. The molecule has 0 unspecified atom stereocenters. The summed E-state index contributed by atoms with van der Waals surface area (Å²) in [5, 5.41) is 4.15. The number of benzene rings is 2. The molecule has 0 radical (unpaired) electrons. The summed E-state index contributed by atoms with van der Waals surface area (Å²) >= 11 is 1.59. The van der Waals surface area contributed by atoms with E-state index in [2.05, 4.69) is 34.1 Å². The summed E-state index contributed by atoms with van der Waals surface area (Å²) in [5.74, 6) is 0. The van der Waals surface area contributed by atoms with Gasteiger partial charge in [-0.15, -0.1) is 11.3 Å². The standard InChI is InChI=1S/C18H19N3O2S2/c1-12-4-8-15(9-5-12)19-18-20-17(13(2)24-18)14-6-10-16(11-7-14)21-25(3,22)23/h4-11,21H,1-3H3,(H,19,20). The Morgan fingerprint density at radius 3 is 2.12 bits per heavy atom. The van der Waals surface area contributed by atoms with Crippen LogP contribution in [-0.4, -0.2) is 19.7 Å². The lowest BCUT2D eigenvalue weighted by molar-refractivity contribution is 0.607. The van der Waals surface area contributed by atoms with Crippen LogP contribution in [0.15, 0.2) is 48.5 Å². The lowest BCUT2D eigenvalue weighted by Gasteiger charge is -2.05. The van der Waals surface area contributed by atoms with E-state index >= 15 is 0 Å². The van der Waals surface area contributed by atoms with Gasteiger partial charge < -0.3 is 5.32 Å². The molecule has 25 heavy (non-hydrogen) atoms. The van der Waals surface area contributed by atoms with E-state index < -0.39 is 10.0 Å². The molecule has 0 fully saturated rings. The Kier molecular flexibility index (Phi) is 4.78. The second-order valence-electron chi connectivity index (χ2n) is 5.87. The van der Waals surface area contributed by atoms with Crippen molar-refractivity contribution in [1.82, 2.24) is 4.98 Å². The number of thiazole rings is 1. The van der Waals surface area contributed by atoms with E-state index in [1.54, 1.807) is 23.5 Å². The first-order chi connectivity index (χ1) is 11.8. The highest BCUT2D eigenvalue weighted by Gasteiger charge is 2.11. The SMILES string of the molecule is Cc1ccc(Nc2nc(-c3ccc(NS(C)(=O)=O)cc3)c(C)s2)cc1. The zero-order valence-corrected chi connectivity index (χ0v) is 15.8. The van der Waals surface area contributed by atoms with E-state index in [1.165, 1.54) is 5.56 Å². The number of aryl methyl sites for hydroxylation is 2. The predicted molar refractivity (Wildman–Crippen MR) is 105 cm³/mol. The molecule has 0 amide bonds. The molecule has 3 rings (SSSR count). The third kappa shape index (κ3) is 4.58. The highest BCUT2D eigenvalue weighted by molar-refractivity contribution is 7.92. The van der Waals surface area contributed by atoms with Crippen LogP contribution < -0.4 is 10.0 Å². The molecule has 130 valence electrons. The van der Waals surface area contributed by atoms with Gasteiger partial charge in [0.2, 0.25) is 10.0 Å². The smallest absolute Gasteiger partial charge is 0.229 e. The zero-order chi connectivity index (χ0) is 18.0. The molecule has 2 N–H and O–H groups in total. The fourth-order valence-corrected chi connectivity index (χ4v) is 3.81. The number of rotatable bonds is 5. The van der Waals surface area contributed by atoms with E-state index in [-0.39, 0.29) is 0 Å². The maximum absolute atomic E-state index is 11.3. The second kappa shape index (κ2) is 6.85. The fourth-order valence-electron chi connectivity index (χ4n) is 2.39. The molecule has 0 aliphatic rings. The first-order valence-electron chi connectivity index (χ1n) is 7.69. The molecule has 1 heterocycles. The maximum Gasteiger partial charge on any atom is 0.229 e. The Morgan fingerprint density at radius 2 is 1.52 bits per heavy atom. The van der Waals surface area contributed by atoms with Crippen LogP contribution in [0.3, 0.4) is 0 Å². The van der Waals surface area contributed by atoms with Crippen molar-refractivity contribution in [2.45, 2.75) is 13.8 Å². The van der Waals surface area contributed by atoms with Crippen molar-refractivity contribution < 1.29 is 8.42 Å². The van der Waals surface area contributed by atoms with Gasteiger partial charge in [-0.2, -0.15) is 0 Å². The summed E-state index contributed by atoms with van der Waals surface area (Å²) < 4.78 is 25.0. The maximum atomic E-state index is 11.3. The van der Waals surface area contributed by atoms with Gasteiger partial charge >= 0.3 is 0 Å². The van der Waals surface area contributed by atoms with Crippen molar-refractivity contribution in [2.24, 2.45) is 0 Å². The van der Waals surface area contributed by atoms with Crippen LogP contribution in [0.1, 0.15) is 10.4 Å².